The Hall–Kier alpha value is -1.69. The Morgan fingerprint density at radius 3 is 2.75 bits per heavy atom. The lowest BCUT2D eigenvalue weighted by atomic mass is 10.1. The minimum Gasteiger partial charge on any atom is -0.478 e. The maximum absolute atomic E-state index is 13.7. The number of rotatable bonds is 2. The summed E-state index contributed by atoms with van der Waals surface area (Å²) in [7, 11) is 0. The second-order valence-electron chi connectivity index (χ2n) is 3.12. The van der Waals surface area contributed by atoms with Crippen LogP contribution in [0.2, 0.25) is 0 Å². The number of aromatic carboxylic acids is 1. The van der Waals surface area contributed by atoms with E-state index in [0.717, 1.165) is 0 Å². The molecule has 0 aliphatic carbocycles. The van der Waals surface area contributed by atoms with E-state index < -0.39 is 11.8 Å². The number of carboxylic acids is 1. The highest BCUT2D eigenvalue weighted by atomic mass is 79.9. The maximum atomic E-state index is 13.7. The van der Waals surface area contributed by atoms with Crippen molar-refractivity contribution in [1.82, 2.24) is 4.98 Å². The molecule has 82 valence electrons. The van der Waals surface area contributed by atoms with Gasteiger partial charge in [-0.15, -0.1) is 0 Å². The zero-order valence-corrected chi connectivity index (χ0v) is 9.34. The first-order valence-electron chi connectivity index (χ1n) is 4.24. The fourth-order valence-corrected chi connectivity index (χ4v) is 1.88. The summed E-state index contributed by atoms with van der Waals surface area (Å²) in [6.07, 6.45) is 0.358. The van der Waals surface area contributed by atoms with E-state index >= 15 is 0 Å². The van der Waals surface area contributed by atoms with Crippen LogP contribution in [-0.2, 0) is 0 Å². The van der Waals surface area contributed by atoms with E-state index in [1.807, 2.05) is 0 Å². The van der Waals surface area contributed by atoms with E-state index in [0.29, 0.717) is 6.29 Å². The zero-order valence-electron chi connectivity index (χ0n) is 7.75. The molecule has 0 aliphatic rings. The van der Waals surface area contributed by atoms with E-state index in [9.17, 15) is 14.0 Å². The van der Waals surface area contributed by atoms with Crippen LogP contribution in [0.5, 0.6) is 0 Å². The van der Waals surface area contributed by atoms with Crippen molar-refractivity contribution in [2.75, 3.05) is 0 Å². The summed E-state index contributed by atoms with van der Waals surface area (Å²) in [6.45, 7) is 0. The van der Waals surface area contributed by atoms with Crippen molar-refractivity contribution in [2.45, 2.75) is 0 Å². The Morgan fingerprint density at radius 1 is 1.50 bits per heavy atom. The largest absolute Gasteiger partial charge is 0.478 e. The molecule has 0 fully saturated rings. The van der Waals surface area contributed by atoms with Gasteiger partial charge in [-0.1, -0.05) is 0 Å². The number of hydrogen-bond donors (Lipinski definition) is 2. The van der Waals surface area contributed by atoms with E-state index in [2.05, 4.69) is 20.9 Å². The molecule has 2 rings (SSSR count). The molecular formula is C10H5BrFNO3. The van der Waals surface area contributed by atoms with Gasteiger partial charge < -0.3 is 10.1 Å². The normalized spacial score (nSPS) is 10.6. The Balaban J connectivity index is 2.97. The van der Waals surface area contributed by atoms with Gasteiger partial charge in [0, 0.05) is 5.52 Å². The summed E-state index contributed by atoms with van der Waals surface area (Å²) in [5.41, 5.74) is -0.205. The lowest BCUT2D eigenvalue weighted by molar-refractivity contribution is 0.0696. The molecule has 1 aromatic heterocycles. The van der Waals surface area contributed by atoms with E-state index in [1.54, 1.807) is 0 Å². The number of carbonyl (C=O) groups is 2. The molecule has 0 spiro atoms. The summed E-state index contributed by atoms with van der Waals surface area (Å²) in [6, 6.07) is 2.94. The van der Waals surface area contributed by atoms with Gasteiger partial charge in [0.05, 0.1) is 21.1 Å². The van der Waals surface area contributed by atoms with Crippen LogP contribution in [0.1, 0.15) is 20.8 Å². The van der Waals surface area contributed by atoms with E-state index in [1.165, 1.54) is 12.1 Å². The molecule has 6 heteroatoms. The van der Waals surface area contributed by atoms with Crippen molar-refractivity contribution in [2.24, 2.45) is 0 Å². The van der Waals surface area contributed by atoms with Crippen molar-refractivity contribution < 1.29 is 19.1 Å². The molecule has 1 heterocycles. The van der Waals surface area contributed by atoms with Crippen molar-refractivity contribution in [3.8, 4) is 0 Å². The number of carboxylic acid groups (broad SMARTS) is 1. The number of aromatic nitrogens is 1. The van der Waals surface area contributed by atoms with Gasteiger partial charge in [-0.05, 0) is 28.1 Å². The van der Waals surface area contributed by atoms with Gasteiger partial charge in [-0.25, -0.2) is 9.18 Å². The molecule has 0 atom stereocenters. The smallest absolute Gasteiger partial charge is 0.338 e. The predicted molar refractivity (Wildman–Crippen MR) is 58.3 cm³/mol. The quantitative estimate of drug-likeness (QED) is 0.833. The fraction of sp³-hybridized carbons (Fsp3) is 0. The highest BCUT2D eigenvalue weighted by Crippen LogP contribution is 2.29. The second-order valence-corrected chi connectivity index (χ2v) is 3.97. The number of nitrogens with one attached hydrogen (secondary N) is 1. The van der Waals surface area contributed by atoms with Crippen LogP contribution >= 0.6 is 15.9 Å². The van der Waals surface area contributed by atoms with Crippen molar-refractivity contribution in [3.63, 3.8) is 0 Å². The molecule has 0 radical (unpaired) electrons. The van der Waals surface area contributed by atoms with Crippen molar-refractivity contribution >= 4 is 39.1 Å². The predicted octanol–water partition coefficient (Wildman–Crippen LogP) is 2.58. The SMILES string of the molecule is O=Cc1[nH]c2ccc(Br)c(F)c2c1C(=O)O. The number of hydrogen-bond acceptors (Lipinski definition) is 2. The third-order valence-electron chi connectivity index (χ3n) is 2.22. The average molecular weight is 286 g/mol. The molecule has 0 bridgehead atoms. The Bertz CT molecular complexity index is 606. The number of halogens is 2. The zero-order chi connectivity index (χ0) is 11.9. The van der Waals surface area contributed by atoms with Crippen molar-refractivity contribution in [1.29, 1.82) is 0 Å². The second kappa shape index (κ2) is 3.71. The highest BCUT2D eigenvalue weighted by molar-refractivity contribution is 9.10. The number of H-pyrrole nitrogens is 1. The van der Waals surface area contributed by atoms with Gasteiger partial charge in [0.15, 0.2) is 6.29 Å². The number of aldehydes is 1. The van der Waals surface area contributed by atoms with Crippen LogP contribution in [0.15, 0.2) is 16.6 Å². The molecule has 1 aromatic carbocycles. The molecule has 0 saturated carbocycles. The molecule has 2 N–H and O–H groups in total. The molecular weight excluding hydrogens is 281 g/mol. The minimum atomic E-state index is -1.34. The lowest BCUT2D eigenvalue weighted by Crippen LogP contribution is -2.00. The third kappa shape index (κ3) is 1.42. The molecule has 0 unspecified atom stereocenters. The molecule has 2 aromatic rings. The topological polar surface area (TPSA) is 70.2 Å². The van der Waals surface area contributed by atoms with Crippen LogP contribution in [0.25, 0.3) is 10.9 Å². The molecule has 16 heavy (non-hydrogen) atoms. The molecule has 0 saturated heterocycles. The van der Waals surface area contributed by atoms with Crippen LogP contribution in [0.4, 0.5) is 4.39 Å². The van der Waals surface area contributed by atoms with Crippen molar-refractivity contribution in [3.05, 3.63) is 33.7 Å². The summed E-state index contributed by atoms with van der Waals surface area (Å²) in [5, 5.41) is 8.84. The number of benzene rings is 1. The Morgan fingerprint density at radius 2 is 2.19 bits per heavy atom. The third-order valence-corrected chi connectivity index (χ3v) is 2.83. The fourth-order valence-electron chi connectivity index (χ4n) is 1.55. The van der Waals surface area contributed by atoms with Gasteiger partial charge >= 0.3 is 5.97 Å². The molecule has 0 amide bonds. The first kappa shape index (κ1) is 10.8. The highest BCUT2D eigenvalue weighted by Gasteiger charge is 2.21. The number of fused-ring (bicyclic) bond motifs is 1. The van der Waals surface area contributed by atoms with Gasteiger partial charge in [0.2, 0.25) is 0 Å². The summed E-state index contributed by atoms with van der Waals surface area (Å²) >= 11 is 2.96. The summed E-state index contributed by atoms with van der Waals surface area (Å²) < 4.78 is 13.9. The number of aromatic amines is 1. The lowest BCUT2D eigenvalue weighted by Gasteiger charge is -1.97. The Labute approximate surface area is 97.2 Å². The van der Waals surface area contributed by atoms with Crippen LogP contribution in [-0.4, -0.2) is 22.3 Å². The standard InChI is InChI=1S/C10H5BrFNO3/c11-4-1-2-5-7(9(4)12)8(10(15)16)6(3-14)13-5/h1-3,13H,(H,15,16). The monoisotopic (exact) mass is 285 g/mol. The summed E-state index contributed by atoms with van der Waals surface area (Å²) in [5.74, 6) is -2.04. The van der Waals surface area contributed by atoms with Gasteiger partial charge in [-0.3, -0.25) is 4.79 Å². The van der Waals surface area contributed by atoms with Crippen LogP contribution < -0.4 is 0 Å². The van der Waals surface area contributed by atoms with E-state index in [4.69, 9.17) is 5.11 Å². The van der Waals surface area contributed by atoms with Gasteiger partial charge in [-0.2, -0.15) is 0 Å². The first-order chi connectivity index (χ1) is 7.56. The minimum absolute atomic E-state index is 0.0935. The van der Waals surface area contributed by atoms with Gasteiger partial charge in [0.1, 0.15) is 5.82 Å². The summed E-state index contributed by atoms with van der Waals surface area (Å²) in [4.78, 5) is 24.2. The first-order valence-corrected chi connectivity index (χ1v) is 5.03. The molecule has 4 nitrogen and oxygen atoms in total. The van der Waals surface area contributed by atoms with Crippen LogP contribution in [0.3, 0.4) is 0 Å². The average Bonchev–Trinajstić information content (AvgIpc) is 2.62. The molecule has 0 aliphatic heterocycles. The van der Waals surface area contributed by atoms with E-state index in [-0.39, 0.29) is 26.6 Å². The Kier molecular flexibility index (Phi) is 2.51. The number of carbonyl (C=O) groups excluding carboxylic acids is 1. The van der Waals surface area contributed by atoms with Gasteiger partial charge in [0.25, 0.3) is 0 Å². The maximum Gasteiger partial charge on any atom is 0.338 e. The van der Waals surface area contributed by atoms with Crippen LogP contribution in [0, 0.1) is 5.82 Å².